The minimum Gasteiger partial charge on any atom is -0.314 e. The normalized spacial score (nSPS) is 25.1. The summed E-state index contributed by atoms with van der Waals surface area (Å²) in [5.74, 6) is 1.72. The summed E-state index contributed by atoms with van der Waals surface area (Å²) in [6, 6.07) is 0.788. The molecule has 1 aliphatic rings. The maximum atomic E-state index is 3.72. The van der Waals surface area contributed by atoms with E-state index in [2.05, 4.69) is 38.0 Å². The van der Waals surface area contributed by atoms with Crippen molar-refractivity contribution in [2.24, 2.45) is 11.8 Å². The molecule has 0 aliphatic heterocycles. The lowest BCUT2D eigenvalue weighted by atomic mass is 10.0. The zero-order valence-electron chi connectivity index (χ0n) is 12.3. The molecule has 1 N–H and O–H groups in total. The molecule has 1 rings (SSSR count). The Kier molecular flexibility index (Phi) is 7.14. The van der Waals surface area contributed by atoms with E-state index in [4.69, 9.17) is 0 Å². The standard InChI is InChI=1S/C15H32N2/c1-5-10-16-15-8-6-7-14(15)12-17(4)11-9-13(2)3/h13-16H,5-12H2,1-4H3. The fourth-order valence-corrected chi connectivity index (χ4v) is 2.82. The van der Waals surface area contributed by atoms with Crippen molar-refractivity contribution in [2.75, 3.05) is 26.7 Å². The van der Waals surface area contributed by atoms with Gasteiger partial charge in [0.2, 0.25) is 0 Å². The average Bonchev–Trinajstić information content (AvgIpc) is 2.71. The quantitative estimate of drug-likeness (QED) is 0.701. The molecule has 1 saturated carbocycles. The molecule has 17 heavy (non-hydrogen) atoms. The van der Waals surface area contributed by atoms with Gasteiger partial charge in [0.05, 0.1) is 0 Å². The Morgan fingerprint density at radius 1 is 1.29 bits per heavy atom. The number of hydrogen-bond acceptors (Lipinski definition) is 2. The van der Waals surface area contributed by atoms with Crippen molar-refractivity contribution < 1.29 is 0 Å². The first kappa shape index (κ1) is 15.0. The predicted octanol–water partition coefficient (Wildman–Crippen LogP) is 3.13. The summed E-state index contributed by atoms with van der Waals surface area (Å²) in [7, 11) is 2.29. The van der Waals surface area contributed by atoms with Crippen LogP contribution in [0.1, 0.15) is 52.9 Å². The minimum absolute atomic E-state index is 0.788. The van der Waals surface area contributed by atoms with Gasteiger partial charge in [-0.2, -0.15) is 0 Å². The lowest BCUT2D eigenvalue weighted by Gasteiger charge is -2.26. The summed E-state index contributed by atoms with van der Waals surface area (Å²) in [5.41, 5.74) is 0. The molecular weight excluding hydrogens is 208 g/mol. The zero-order chi connectivity index (χ0) is 12.7. The van der Waals surface area contributed by atoms with Crippen LogP contribution in [0.4, 0.5) is 0 Å². The van der Waals surface area contributed by atoms with Gasteiger partial charge < -0.3 is 10.2 Å². The monoisotopic (exact) mass is 240 g/mol. The molecule has 0 aromatic heterocycles. The fraction of sp³-hybridized carbons (Fsp3) is 1.00. The van der Waals surface area contributed by atoms with Gasteiger partial charge in [0.1, 0.15) is 0 Å². The van der Waals surface area contributed by atoms with Crippen molar-refractivity contribution in [2.45, 2.75) is 58.9 Å². The van der Waals surface area contributed by atoms with Crippen molar-refractivity contribution in [3.8, 4) is 0 Å². The molecule has 0 aromatic carbocycles. The van der Waals surface area contributed by atoms with Gasteiger partial charge in [-0.05, 0) is 57.7 Å². The van der Waals surface area contributed by atoms with Gasteiger partial charge >= 0.3 is 0 Å². The van der Waals surface area contributed by atoms with Crippen molar-refractivity contribution in [3.63, 3.8) is 0 Å². The minimum atomic E-state index is 0.788. The van der Waals surface area contributed by atoms with E-state index in [1.807, 2.05) is 0 Å². The van der Waals surface area contributed by atoms with Crippen LogP contribution < -0.4 is 5.32 Å². The third-order valence-electron chi connectivity index (χ3n) is 3.95. The van der Waals surface area contributed by atoms with Crippen LogP contribution in [-0.2, 0) is 0 Å². The highest BCUT2D eigenvalue weighted by molar-refractivity contribution is 4.84. The molecule has 102 valence electrons. The molecule has 2 atom stereocenters. The molecule has 2 unspecified atom stereocenters. The summed E-state index contributed by atoms with van der Waals surface area (Å²) < 4.78 is 0. The van der Waals surface area contributed by atoms with Gasteiger partial charge in [-0.15, -0.1) is 0 Å². The molecular formula is C15H32N2. The van der Waals surface area contributed by atoms with Gasteiger partial charge in [-0.3, -0.25) is 0 Å². The predicted molar refractivity (Wildman–Crippen MR) is 76.4 cm³/mol. The largest absolute Gasteiger partial charge is 0.314 e. The van der Waals surface area contributed by atoms with Gasteiger partial charge in [0, 0.05) is 12.6 Å². The second-order valence-electron chi connectivity index (χ2n) is 6.20. The summed E-state index contributed by atoms with van der Waals surface area (Å²) in [4.78, 5) is 2.54. The number of rotatable bonds is 8. The van der Waals surface area contributed by atoms with Crippen molar-refractivity contribution in [1.82, 2.24) is 10.2 Å². The Morgan fingerprint density at radius 3 is 2.71 bits per heavy atom. The number of nitrogens with zero attached hydrogens (tertiary/aromatic N) is 1. The van der Waals surface area contributed by atoms with Crippen molar-refractivity contribution >= 4 is 0 Å². The molecule has 0 spiro atoms. The third kappa shape index (κ3) is 5.87. The first-order valence-corrected chi connectivity index (χ1v) is 7.55. The highest BCUT2D eigenvalue weighted by Crippen LogP contribution is 2.26. The van der Waals surface area contributed by atoms with Gasteiger partial charge in [0.15, 0.2) is 0 Å². The van der Waals surface area contributed by atoms with Gasteiger partial charge in [0.25, 0.3) is 0 Å². The van der Waals surface area contributed by atoms with E-state index < -0.39 is 0 Å². The molecule has 1 aliphatic carbocycles. The highest BCUT2D eigenvalue weighted by atomic mass is 15.1. The molecule has 0 saturated heterocycles. The molecule has 0 heterocycles. The smallest absolute Gasteiger partial charge is 0.0107 e. The lowest BCUT2D eigenvalue weighted by Crippen LogP contribution is -2.39. The fourth-order valence-electron chi connectivity index (χ4n) is 2.82. The first-order chi connectivity index (χ1) is 8.13. The van der Waals surface area contributed by atoms with Crippen molar-refractivity contribution in [1.29, 1.82) is 0 Å². The Labute approximate surface area is 108 Å². The molecule has 0 bridgehead atoms. The maximum absolute atomic E-state index is 3.72. The highest BCUT2D eigenvalue weighted by Gasteiger charge is 2.27. The van der Waals surface area contributed by atoms with E-state index in [1.54, 1.807) is 0 Å². The Balaban J connectivity index is 2.23. The van der Waals surface area contributed by atoms with E-state index in [-0.39, 0.29) is 0 Å². The molecule has 2 nitrogen and oxygen atoms in total. The van der Waals surface area contributed by atoms with Crippen LogP contribution in [0.15, 0.2) is 0 Å². The molecule has 1 fully saturated rings. The Morgan fingerprint density at radius 2 is 2.06 bits per heavy atom. The van der Waals surface area contributed by atoms with E-state index in [0.717, 1.165) is 17.9 Å². The lowest BCUT2D eigenvalue weighted by molar-refractivity contribution is 0.240. The van der Waals surface area contributed by atoms with Crippen LogP contribution in [-0.4, -0.2) is 37.6 Å². The summed E-state index contributed by atoms with van der Waals surface area (Å²) in [6.07, 6.45) is 6.82. The van der Waals surface area contributed by atoms with E-state index in [9.17, 15) is 0 Å². The van der Waals surface area contributed by atoms with Crippen molar-refractivity contribution in [3.05, 3.63) is 0 Å². The Hall–Kier alpha value is -0.0800. The summed E-state index contributed by atoms with van der Waals surface area (Å²) in [5, 5.41) is 3.72. The summed E-state index contributed by atoms with van der Waals surface area (Å²) >= 11 is 0. The topological polar surface area (TPSA) is 15.3 Å². The molecule has 0 radical (unpaired) electrons. The van der Waals surface area contributed by atoms with E-state index in [0.29, 0.717) is 0 Å². The first-order valence-electron chi connectivity index (χ1n) is 7.55. The number of hydrogen-bond donors (Lipinski definition) is 1. The SMILES string of the molecule is CCCNC1CCCC1CN(C)CCC(C)C. The number of nitrogens with one attached hydrogen (secondary N) is 1. The second-order valence-corrected chi connectivity index (χ2v) is 6.20. The molecule has 2 heteroatoms. The van der Waals surface area contributed by atoms with E-state index >= 15 is 0 Å². The van der Waals surface area contributed by atoms with Gasteiger partial charge in [-0.1, -0.05) is 27.2 Å². The maximum Gasteiger partial charge on any atom is 0.0107 e. The zero-order valence-corrected chi connectivity index (χ0v) is 12.3. The van der Waals surface area contributed by atoms with Crippen LogP contribution in [0.2, 0.25) is 0 Å². The van der Waals surface area contributed by atoms with Crippen LogP contribution in [0.3, 0.4) is 0 Å². The van der Waals surface area contributed by atoms with E-state index in [1.165, 1.54) is 51.7 Å². The summed E-state index contributed by atoms with van der Waals surface area (Å²) in [6.45, 7) is 10.6. The van der Waals surface area contributed by atoms with Crippen LogP contribution >= 0.6 is 0 Å². The Bertz CT molecular complexity index is 191. The molecule has 0 amide bonds. The van der Waals surface area contributed by atoms with Crippen LogP contribution in [0.5, 0.6) is 0 Å². The average molecular weight is 240 g/mol. The van der Waals surface area contributed by atoms with Crippen LogP contribution in [0, 0.1) is 11.8 Å². The van der Waals surface area contributed by atoms with Crippen LogP contribution in [0.25, 0.3) is 0 Å². The second kappa shape index (κ2) is 8.10. The third-order valence-corrected chi connectivity index (χ3v) is 3.95. The molecule has 0 aromatic rings. The van der Waals surface area contributed by atoms with Gasteiger partial charge in [-0.25, -0.2) is 0 Å².